The van der Waals surface area contributed by atoms with E-state index >= 15 is 4.39 Å². The number of benzene rings is 1. The summed E-state index contributed by atoms with van der Waals surface area (Å²) in [6.45, 7) is 1.98. The summed E-state index contributed by atoms with van der Waals surface area (Å²) < 4.78 is 29.2. The number of hydrogen-bond donors (Lipinski definition) is 2. The summed E-state index contributed by atoms with van der Waals surface area (Å²) in [5, 5.41) is 3.01. The second-order valence-electron chi connectivity index (χ2n) is 6.87. The molecule has 4 rings (SSSR count). The number of rotatable bonds is 1. The van der Waals surface area contributed by atoms with Crippen molar-refractivity contribution in [3.05, 3.63) is 59.2 Å². The Kier molecular flexibility index (Phi) is 4.05. The Hall–Kier alpha value is -3.03. The van der Waals surface area contributed by atoms with E-state index in [4.69, 9.17) is 5.73 Å². The van der Waals surface area contributed by atoms with Crippen LogP contribution in [0.3, 0.4) is 0 Å². The number of carbonyl (C=O) groups excluding carboxylic acids is 1. The number of amides is 1. The second-order valence-corrected chi connectivity index (χ2v) is 6.87. The number of aliphatic imine (C=N–C) groups is 1. The number of alkyl halides is 1. The Labute approximate surface area is 155 Å². The Morgan fingerprint density at radius 3 is 2.89 bits per heavy atom. The molecule has 2 aliphatic heterocycles. The van der Waals surface area contributed by atoms with Crippen LogP contribution in [0.2, 0.25) is 0 Å². The van der Waals surface area contributed by atoms with E-state index in [1.165, 1.54) is 23.2 Å². The molecule has 0 aliphatic carbocycles. The Morgan fingerprint density at radius 2 is 2.19 bits per heavy atom. The van der Waals surface area contributed by atoms with E-state index in [0.29, 0.717) is 17.8 Å². The zero-order chi connectivity index (χ0) is 19.2. The minimum atomic E-state index is -1.50. The zero-order valence-electron chi connectivity index (χ0n) is 14.7. The van der Waals surface area contributed by atoms with Gasteiger partial charge in [0.15, 0.2) is 11.8 Å². The molecule has 140 valence electrons. The predicted molar refractivity (Wildman–Crippen MR) is 97.9 cm³/mol. The minimum Gasteiger partial charge on any atom is -0.383 e. The van der Waals surface area contributed by atoms with Gasteiger partial charge in [0.05, 0.1) is 17.7 Å². The number of piperidine rings is 1. The summed E-state index contributed by atoms with van der Waals surface area (Å²) in [5.74, 6) is -0.822. The van der Waals surface area contributed by atoms with Crippen LogP contribution in [0.1, 0.15) is 28.0 Å². The quantitative estimate of drug-likeness (QED) is 0.805. The number of nitrogens with one attached hydrogen (secondary N) is 1. The van der Waals surface area contributed by atoms with Crippen LogP contribution in [0.25, 0.3) is 0 Å². The van der Waals surface area contributed by atoms with Crippen molar-refractivity contribution in [1.29, 1.82) is 0 Å². The van der Waals surface area contributed by atoms with E-state index in [2.05, 4.69) is 15.3 Å². The fourth-order valence-corrected chi connectivity index (χ4v) is 3.55. The lowest BCUT2D eigenvalue weighted by atomic mass is 9.91. The molecule has 2 aromatic rings. The third-order valence-electron chi connectivity index (χ3n) is 5.05. The van der Waals surface area contributed by atoms with Gasteiger partial charge in [-0.1, -0.05) is 6.07 Å². The highest BCUT2D eigenvalue weighted by Gasteiger charge is 2.47. The monoisotopic (exact) mass is 371 g/mol. The van der Waals surface area contributed by atoms with Crippen molar-refractivity contribution in [3.8, 4) is 0 Å². The summed E-state index contributed by atoms with van der Waals surface area (Å²) >= 11 is 0. The second kappa shape index (κ2) is 6.29. The topological polar surface area (TPSA) is 83.6 Å². The van der Waals surface area contributed by atoms with Crippen LogP contribution in [0.5, 0.6) is 0 Å². The molecule has 2 atom stereocenters. The van der Waals surface area contributed by atoms with Gasteiger partial charge in [0, 0.05) is 30.5 Å². The first-order valence-electron chi connectivity index (χ1n) is 8.68. The lowest BCUT2D eigenvalue weighted by molar-refractivity contribution is 0.0494. The molecule has 1 saturated heterocycles. The zero-order valence-corrected chi connectivity index (χ0v) is 14.7. The van der Waals surface area contributed by atoms with Crippen molar-refractivity contribution in [2.75, 3.05) is 18.4 Å². The van der Waals surface area contributed by atoms with Gasteiger partial charge in [0.2, 0.25) is 0 Å². The van der Waals surface area contributed by atoms with Gasteiger partial charge in [-0.05, 0) is 31.2 Å². The lowest BCUT2D eigenvalue weighted by Crippen LogP contribution is -2.59. The van der Waals surface area contributed by atoms with Crippen molar-refractivity contribution in [2.24, 2.45) is 10.7 Å². The van der Waals surface area contributed by atoms with Gasteiger partial charge in [-0.3, -0.25) is 9.78 Å². The summed E-state index contributed by atoms with van der Waals surface area (Å²) in [6.07, 6.45) is 0.211. The van der Waals surface area contributed by atoms with Crippen molar-refractivity contribution in [3.63, 3.8) is 0 Å². The number of aryl methyl sites for hydroxylation is 1. The average molecular weight is 371 g/mol. The molecule has 1 amide bonds. The fourth-order valence-electron chi connectivity index (χ4n) is 3.55. The van der Waals surface area contributed by atoms with Crippen molar-refractivity contribution in [1.82, 2.24) is 9.88 Å². The molecule has 1 aromatic heterocycles. The minimum absolute atomic E-state index is 0.0352. The summed E-state index contributed by atoms with van der Waals surface area (Å²) in [7, 11) is 0. The number of carbonyl (C=O) groups is 1. The molecular formula is C19H19F2N5O. The number of likely N-dealkylation sites (tertiary alicyclic amines) is 1. The fraction of sp³-hybridized carbons (Fsp3) is 0.316. The lowest BCUT2D eigenvalue weighted by Gasteiger charge is -2.44. The number of halogens is 2. The molecular weight excluding hydrogens is 352 g/mol. The van der Waals surface area contributed by atoms with Gasteiger partial charge < -0.3 is 16.0 Å². The van der Waals surface area contributed by atoms with E-state index < -0.39 is 17.7 Å². The van der Waals surface area contributed by atoms with E-state index in [0.717, 1.165) is 5.69 Å². The van der Waals surface area contributed by atoms with Gasteiger partial charge in [0.25, 0.3) is 5.91 Å². The van der Waals surface area contributed by atoms with Gasteiger partial charge in [-0.25, -0.2) is 13.8 Å². The van der Waals surface area contributed by atoms with Crippen LogP contribution in [-0.4, -0.2) is 46.6 Å². The first-order valence-corrected chi connectivity index (χ1v) is 8.68. The molecule has 0 radical (unpaired) electrons. The Balaban J connectivity index is 1.57. The highest BCUT2D eigenvalue weighted by Crippen LogP contribution is 2.36. The highest BCUT2D eigenvalue weighted by atomic mass is 19.1. The first kappa shape index (κ1) is 17.4. The van der Waals surface area contributed by atoms with Gasteiger partial charge in [0.1, 0.15) is 11.7 Å². The molecule has 0 saturated carbocycles. The molecule has 2 aliphatic rings. The SMILES string of the molecule is Cc1ccc(C(=O)N2CCC3(N=C(N)c4c(F)cccc4N3)C(F)C2)cn1. The van der Waals surface area contributed by atoms with E-state index in [-0.39, 0.29) is 30.3 Å². The average Bonchev–Trinajstić information content (AvgIpc) is 2.64. The summed E-state index contributed by atoms with van der Waals surface area (Å²) in [5.41, 5.74) is 6.41. The third-order valence-corrected chi connectivity index (χ3v) is 5.05. The van der Waals surface area contributed by atoms with Crippen molar-refractivity contribution in [2.45, 2.75) is 25.2 Å². The standard InChI is InChI=1S/C19H19F2N5O/c1-11-5-6-12(9-23-11)18(27)26-8-7-19(15(21)10-26)24-14-4-2-3-13(20)16(14)17(22)25-19/h2-6,9,15,24H,7-8,10H2,1H3,(H2,22,25). The normalized spacial score (nSPS) is 24.2. The number of nitrogens with zero attached hydrogens (tertiary/aromatic N) is 3. The van der Waals surface area contributed by atoms with Gasteiger partial charge in [-0.2, -0.15) is 0 Å². The third kappa shape index (κ3) is 2.90. The molecule has 6 nitrogen and oxygen atoms in total. The molecule has 3 N–H and O–H groups in total. The molecule has 1 aromatic carbocycles. The van der Waals surface area contributed by atoms with Crippen molar-refractivity contribution < 1.29 is 13.6 Å². The van der Waals surface area contributed by atoms with Crippen LogP contribution < -0.4 is 11.1 Å². The largest absolute Gasteiger partial charge is 0.383 e. The van der Waals surface area contributed by atoms with E-state index in [1.54, 1.807) is 18.2 Å². The van der Waals surface area contributed by atoms with Crippen LogP contribution in [0, 0.1) is 12.7 Å². The van der Waals surface area contributed by atoms with Crippen LogP contribution in [0.15, 0.2) is 41.5 Å². The number of pyridine rings is 1. The van der Waals surface area contributed by atoms with Crippen LogP contribution >= 0.6 is 0 Å². The predicted octanol–water partition coefficient (Wildman–Crippen LogP) is 2.24. The maximum absolute atomic E-state index is 15.2. The number of fused-ring (bicyclic) bond motifs is 1. The maximum atomic E-state index is 15.2. The Morgan fingerprint density at radius 1 is 1.37 bits per heavy atom. The first-order chi connectivity index (χ1) is 12.9. The molecule has 2 unspecified atom stereocenters. The smallest absolute Gasteiger partial charge is 0.255 e. The summed E-state index contributed by atoms with van der Waals surface area (Å²) in [4.78, 5) is 22.4. The van der Waals surface area contributed by atoms with Crippen LogP contribution in [0.4, 0.5) is 14.5 Å². The molecule has 0 bridgehead atoms. The van der Waals surface area contributed by atoms with Crippen molar-refractivity contribution >= 4 is 17.4 Å². The molecule has 3 heterocycles. The highest BCUT2D eigenvalue weighted by molar-refractivity contribution is 6.04. The van der Waals surface area contributed by atoms with Crippen LogP contribution in [-0.2, 0) is 0 Å². The van der Waals surface area contributed by atoms with E-state index in [1.807, 2.05) is 6.92 Å². The Bertz CT molecular complexity index is 930. The number of nitrogens with two attached hydrogens (primary N) is 1. The van der Waals surface area contributed by atoms with Gasteiger partial charge >= 0.3 is 0 Å². The van der Waals surface area contributed by atoms with Gasteiger partial charge in [-0.15, -0.1) is 0 Å². The maximum Gasteiger partial charge on any atom is 0.255 e. The number of amidine groups is 1. The molecule has 27 heavy (non-hydrogen) atoms. The molecule has 8 heteroatoms. The summed E-state index contributed by atoms with van der Waals surface area (Å²) in [6, 6.07) is 7.87. The van der Waals surface area contributed by atoms with E-state index in [9.17, 15) is 9.18 Å². The number of aromatic nitrogens is 1. The molecule has 1 fully saturated rings. The number of anilines is 1. The number of hydrogen-bond acceptors (Lipinski definition) is 5. The molecule has 1 spiro atoms.